The fourth-order valence-corrected chi connectivity index (χ4v) is 4.17. The maximum Gasteiger partial charge on any atom is 0.291 e. The summed E-state index contributed by atoms with van der Waals surface area (Å²) in [5.41, 5.74) is 2.07. The monoisotopic (exact) mass is 421 g/mol. The predicted molar refractivity (Wildman–Crippen MR) is 117 cm³/mol. The Labute approximate surface area is 177 Å². The molecule has 2 N–H and O–H groups in total. The first-order chi connectivity index (χ1) is 14.5. The van der Waals surface area contributed by atoms with E-state index in [1.807, 2.05) is 38.1 Å². The maximum atomic E-state index is 14.8. The zero-order chi connectivity index (χ0) is 21.1. The van der Waals surface area contributed by atoms with Crippen molar-refractivity contribution in [2.24, 2.45) is 0 Å². The quantitative estimate of drug-likeness (QED) is 0.404. The number of amides is 1. The summed E-state index contributed by atoms with van der Waals surface area (Å²) in [6.07, 6.45) is 1.45. The van der Waals surface area contributed by atoms with Crippen molar-refractivity contribution >= 4 is 28.1 Å². The van der Waals surface area contributed by atoms with Gasteiger partial charge in [-0.3, -0.25) is 4.79 Å². The Bertz CT molecular complexity index is 1170. The highest BCUT2D eigenvalue weighted by molar-refractivity contribution is 7.16. The molecule has 3 heterocycles. The van der Waals surface area contributed by atoms with Gasteiger partial charge in [0.1, 0.15) is 16.6 Å². The third-order valence-corrected chi connectivity index (χ3v) is 5.55. The molecule has 1 amide bonds. The molecule has 0 saturated carbocycles. The van der Waals surface area contributed by atoms with Gasteiger partial charge in [-0.2, -0.15) is 0 Å². The van der Waals surface area contributed by atoms with Crippen LogP contribution in [-0.2, 0) is 0 Å². The Morgan fingerprint density at radius 3 is 2.63 bits per heavy atom. The van der Waals surface area contributed by atoms with E-state index >= 15 is 0 Å². The molecule has 0 aliphatic carbocycles. The molecule has 0 unspecified atom stereocenters. The van der Waals surface area contributed by atoms with E-state index in [4.69, 9.17) is 4.42 Å². The average molecular weight is 421 g/mol. The van der Waals surface area contributed by atoms with Crippen LogP contribution >= 0.6 is 11.3 Å². The second-order valence-electron chi connectivity index (χ2n) is 6.84. The Morgan fingerprint density at radius 1 is 1.07 bits per heavy atom. The Hall–Kier alpha value is -3.45. The third-order valence-electron chi connectivity index (χ3n) is 4.56. The van der Waals surface area contributed by atoms with Crippen molar-refractivity contribution < 1.29 is 13.6 Å². The van der Waals surface area contributed by atoms with Gasteiger partial charge >= 0.3 is 0 Å². The highest BCUT2D eigenvalue weighted by Gasteiger charge is 2.24. The van der Waals surface area contributed by atoms with Crippen molar-refractivity contribution in [3.05, 3.63) is 100 Å². The van der Waals surface area contributed by atoms with E-state index in [-0.39, 0.29) is 17.5 Å². The van der Waals surface area contributed by atoms with Crippen LogP contribution < -0.4 is 10.6 Å². The molecule has 1 atom stereocenters. The molecule has 0 spiro atoms. The van der Waals surface area contributed by atoms with Crippen molar-refractivity contribution in [3.8, 4) is 0 Å². The predicted octanol–water partition coefficient (Wildman–Crippen LogP) is 5.95. The minimum Gasteiger partial charge on any atom is -0.459 e. The third kappa shape index (κ3) is 4.26. The van der Waals surface area contributed by atoms with Gasteiger partial charge in [0.05, 0.1) is 12.3 Å². The SMILES string of the molecule is Cc1cccc(N[C@H](c2ccccc2F)c2cc(C)sc2NC(=O)c2ccco2)n1. The topological polar surface area (TPSA) is 67.2 Å². The first-order valence-corrected chi connectivity index (χ1v) is 10.2. The van der Waals surface area contributed by atoms with E-state index in [9.17, 15) is 9.18 Å². The lowest BCUT2D eigenvalue weighted by atomic mass is 9.99. The molecule has 3 aromatic heterocycles. The largest absolute Gasteiger partial charge is 0.459 e. The van der Waals surface area contributed by atoms with Gasteiger partial charge in [-0.05, 0) is 50.2 Å². The molecule has 4 aromatic rings. The molecule has 0 saturated heterocycles. The number of aryl methyl sites for hydroxylation is 2. The Balaban J connectivity index is 1.75. The summed E-state index contributed by atoms with van der Waals surface area (Å²) in [6, 6.07) is 16.9. The van der Waals surface area contributed by atoms with Gasteiger partial charge in [-0.25, -0.2) is 9.37 Å². The molecule has 0 radical (unpaired) electrons. The fourth-order valence-electron chi connectivity index (χ4n) is 3.22. The number of carbonyl (C=O) groups excluding carboxylic acids is 1. The summed E-state index contributed by atoms with van der Waals surface area (Å²) in [7, 11) is 0. The number of halogens is 1. The van der Waals surface area contributed by atoms with Crippen LogP contribution in [0.5, 0.6) is 0 Å². The van der Waals surface area contributed by atoms with E-state index < -0.39 is 6.04 Å². The van der Waals surface area contributed by atoms with Crippen molar-refractivity contribution in [2.75, 3.05) is 10.6 Å². The lowest BCUT2D eigenvalue weighted by Gasteiger charge is -2.21. The maximum absolute atomic E-state index is 14.8. The van der Waals surface area contributed by atoms with Gasteiger partial charge < -0.3 is 15.1 Å². The molecule has 0 bridgehead atoms. The van der Waals surface area contributed by atoms with Crippen LogP contribution in [0.2, 0.25) is 0 Å². The van der Waals surface area contributed by atoms with E-state index in [0.29, 0.717) is 16.4 Å². The number of anilines is 2. The first-order valence-electron chi connectivity index (χ1n) is 9.41. The Kier molecular flexibility index (Phi) is 5.63. The van der Waals surface area contributed by atoms with Gasteiger partial charge in [0.2, 0.25) is 0 Å². The van der Waals surface area contributed by atoms with Crippen molar-refractivity contribution in [3.63, 3.8) is 0 Å². The zero-order valence-electron chi connectivity index (χ0n) is 16.5. The number of furan rings is 1. The summed E-state index contributed by atoms with van der Waals surface area (Å²) in [4.78, 5) is 18.0. The van der Waals surface area contributed by atoms with Gasteiger partial charge in [0, 0.05) is 21.7 Å². The standard InChI is InChI=1S/C23H20FN3O2S/c1-14-7-5-11-20(25-14)26-21(16-8-3-4-9-18(16)24)17-13-15(2)30-23(17)27-22(28)19-10-6-12-29-19/h3-13,21H,1-2H3,(H,25,26)(H,27,28)/t21-/m1/s1. The van der Waals surface area contributed by atoms with Crippen LogP contribution in [0, 0.1) is 19.7 Å². The van der Waals surface area contributed by atoms with Crippen LogP contribution in [0.3, 0.4) is 0 Å². The van der Waals surface area contributed by atoms with Gasteiger partial charge in [-0.1, -0.05) is 24.3 Å². The second-order valence-corrected chi connectivity index (χ2v) is 8.09. The summed E-state index contributed by atoms with van der Waals surface area (Å²) < 4.78 is 20.0. The average Bonchev–Trinajstić information content (AvgIpc) is 3.37. The number of pyridine rings is 1. The molecular formula is C23H20FN3O2S. The van der Waals surface area contributed by atoms with Gasteiger partial charge in [-0.15, -0.1) is 11.3 Å². The number of rotatable bonds is 6. The number of hydrogen-bond acceptors (Lipinski definition) is 5. The normalized spacial score (nSPS) is 11.8. The zero-order valence-corrected chi connectivity index (χ0v) is 17.3. The summed E-state index contributed by atoms with van der Waals surface area (Å²) in [5.74, 6) is 0.136. The molecule has 152 valence electrons. The summed E-state index contributed by atoms with van der Waals surface area (Å²) in [6.45, 7) is 3.84. The minimum absolute atomic E-state index is 0.211. The minimum atomic E-state index is -0.544. The van der Waals surface area contributed by atoms with E-state index in [1.54, 1.807) is 30.3 Å². The number of nitrogens with zero attached hydrogens (tertiary/aromatic N) is 1. The molecule has 7 heteroatoms. The molecule has 5 nitrogen and oxygen atoms in total. The molecule has 4 rings (SSSR count). The van der Waals surface area contributed by atoms with Gasteiger partial charge in [0.25, 0.3) is 5.91 Å². The molecule has 0 aliphatic heterocycles. The molecule has 1 aromatic carbocycles. The lowest BCUT2D eigenvalue weighted by molar-refractivity contribution is 0.0997. The van der Waals surface area contributed by atoms with Crippen molar-refractivity contribution in [2.45, 2.75) is 19.9 Å². The number of nitrogens with one attached hydrogen (secondary N) is 2. The van der Waals surface area contributed by atoms with E-state index in [0.717, 1.165) is 16.1 Å². The number of aromatic nitrogens is 1. The lowest BCUT2D eigenvalue weighted by Crippen LogP contribution is -2.18. The highest BCUT2D eigenvalue weighted by Crippen LogP contribution is 2.38. The van der Waals surface area contributed by atoms with E-state index in [2.05, 4.69) is 15.6 Å². The number of hydrogen-bond donors (Lipinski definition) is 2. The van der Waals surface area contributed by atoms with Crippen molar-refractivity contribution in [1.82, 2.24) is 4.98 Å². The smallest absolute Gasteiger partial charge is 0.291 e. The van der Waals surface area contributed by atoms with Crippen LogP contribution in [0.1, 0.15) is 38.3 Å². The summed E-state index contributed by atoms with van der Waals surface area (Å²) in [5, 5.41) is 6.87. The molecule has 30 heavy (non-hydrogen) atoms. The van der Waals surface area contributed by atoms with Crippen LogP contribution in [-0.4, -0.2) is 10.9 Å². The summed E-state index contributed by atoms with van der Waals surface area (Å²) >= 11 is 1.43. The van der Waals surface area contributed by atoms with Crippen LogP contribution in [0.4, 0.5) is 15.2 Å². The molecule has 0 fully saturated rings. The fraction of sp³-hybridized carbons (Fsp3) is 0.130. The Morgan fingerprint density at radius 2 is 1.90 bits per heavy atom. The number of carbonyl (C=O) groups is 1. The molecule has 0 aliphatic rings. The van der Waals surface area contributed by atoms with Crippen LogP contribution in [0.25, 0.3) is 0 Å². The van der Waals surface area contributed by atoms with Gasteiger partial charge in [0.15, 0.2) is 5.76 Å². The highest BCUT2D eigenvalue weighted by atomic mass is 32.1. The number of thiophene rings is 1. The number of benzene rings is 1. The van der Waals surface area contributed by atoms with E-state index in [1.165, 1.54) is 23.7 Å². The molecular weight excluding hydrogens is 401 g/mol. The van der Waals surface area contributed by atoms with Crippen LogP contribution in [0.15, 0.2) is 71.3 Å². The first kappa shape index (κ1) is 19.8. The van der Waals surface area contributed by atoms with Crippen molar-refractivity contribution in [1.29, 1.82) is 0 Å². The second kappa shape index (κ2) is 8.51.